The van der Waals surface area contributed by atoms with Crippen LogP contribution in [0.1, 0.15) is 76.9 Å². The number of rotatable bonds is 7. The zero-order valence-corrected chi connectivity index (χ0v) is 24.8. The zero-order chi connectivity index (χ0) is 32.1. The summed E-state index contributed by atoms with van der Waals surface area (Å²) in [6.45, 7) is 4.39. The van der Waals surface area contributed by atoms with Crippen molar-refractivity contribution < 1.29 is 37.6 Å². The van der Waals surface area contributed by atoms with Crippen molar-refractivity contribution in [1.82, 2.24) is 25.3 Å². The summed E-state index contributed by atoms with van der Waals surface area (Å²) in [5.41, 5.74) is 1.89. The number of piperidine rings is 1. The van der Waals surface area contributed by atoms with Crippen LogP contribution in [0.5, 0.6) is 0 Å². The van der Waals surface area contributed by atoms with Crippen molar-refractivity contribution in [1.29, 1.82) is 0 Å². The van der Waals surface area contributed by atoms with Crippen LogP contribution in [0.25, 0.3) is 0 Å². The van der Waals surface area contributed by atoms with Gasteiger partial charge in [0.05, 0.1) is 11.1 Å². The Morgan fingerprint density at radius 2 is 1.65 bits per heavy atom. The Morgan fingerprint density at radius 3 is 2.39 bits per heavy atom. The summed E-state index contributed by atoms with van der Waals surface area (Å²) in [5.74, 6) is -3.55. The molecule has 2 saturated heterocycles. The number of hydrogen-bond acceptors (Lipinski definition) is 9. The van der Waals surface area contributed by atoms with Gasteiger partial charge in [-0.05, 0) is 23.6 Å². The summed E-state index contributed by atoms with van der Waals surface area (Å²) in [6.07, 6.45) is 0.350. The molecule has 1 unspecified atom stereocenters. The molecule has 46 heavy (non-hydrogen) atoms. The van der Waals surface area contributed by atoms with Gasteiger partial charge in [0.25, 0.3) is 11.8 Å². The first-order chi connectivity index (χ1) is 22.2. The lowest BCUT2D eigenvalue weighted by Crippen LogP contribution is -2.52. The lowest BCUT2D eigenvalue weighted by molar-refractivity contribution is -0.136. The highest BCUT2D eigenvalue weighted by Crippen LogP contribution is 2.31. The van der Waals surface area contributed by atoms with Gasteiger partial charge in [-0.1, -0.05) is 30.3 Å². The minimum Gasteiger partial charge on any atom is -0.447 e. The molecule has 3 aliphatic heterocycles. The predicted octanol–water partition coefficient (Wildman–Crippen LogP) is 1.50. The minimum atomic E-state index is -0.797. The number of hydrogen-bond donors (Lipinski definition) is 2. The van der Waals surface area contributed by atoms with E-state index in [1.54, 1.807) is 24.3 Å². The van der Waals surface area contributed by atoms with Crippen LogP contribution in [0.2, 0.25) is 0 Å². The molecule has 7 rings (SSSR count). The molecule has 1 aliphatic carbocycles. The van der Waals surface area contributed by atoms with E-state index in [1.807, 2.05) is 6.07 Å². The van der Waals surface area contributed by atoms with E-state index in [0.29, 0.717) is 43.9 Å². The molecule has 2 fully saturated rings. The van der Waals surface area contributed by atoms with E-state index in [9.17, 15) is 28.8 Å². The zero-order valence-electron chi connectivity index (χ0n) is 24.8. The van der Waals surface area contributed by atoms with E-state index in [4.69, 9.17) is 4.42 Å². The molecule has 3 aromatic rings. The molecule has 2 N–H and O–H groups in total. The van der Waals surface area contributed by atoms with Crippen molar-refractivity contribution in [3.8, 4) is 0 Å². The summed E-state index contributed by atoms with van der Waals surface area (Å²) < 4.78 is 20.6. The Kier molecular flexibility index (Phi) is 7.57. The fourth-order valence-corrected chi connectivity index (χ4v) is 6.64. The van der Waals surface area contributed by atoms with Gasteiger partial charge in [-0.25, -0.2) is 4.39 Å². The van der Waals surface area contributed by atoms with Gasteiger partial charge in [0, 0.05) is 76.0 Å². The minimum absolute atomic E-state index is 0.0154. The highest BCUT2D eigenvalue weighted by Gasteiger charge is 2.41. The van der Waals surface area contributed by atoms with E-state index in [1.165, 1.54) is 17.0 Å². The number of imide groups is 1. The number of fused-ring (bicyclic) bond motifs is 3. The molecular weight excluding hydrogens is 597 g/mol. The average molecular weight is 628 g/mol. The third kappa shape index (κ3) is 5.31. The number of halogens is 1. The molecule has 1 atom stereocenters. The maximum atomic E-state index is 15.1. The molecule has 4 amide bonds. The average Bonchev–Trinajstić information content (AvgIpc) is 3.63. The van der Waals surface area contributed by atoms with Gasteiger partial charge in [-0.2, -0.15) is 0 Å². The number of carbonyl (C=O) groups is 6. The summed E-state index contributed by atoms with van der Waals surface area (Å²) in [4.78, 5) is 80.9. The number of ketones is 2. The van der Waals surface area contributed by atoms with Crippen LogP contribution < -0.4 is 10.6 Å². The van der Waals surface area contributed by atoms with Crippen LogP contribution in [-0.2, 0) is 22.7 Å². The number of amides is 4. The van der Waals surface area contributed by atoms with Gasteiger partial charge in [-0.15, -0.1) is 0 Å². The quantitative estimate of drug-likeness (QED) is 0.291. The Labute approximate surface area is 262 Å². The van der Waals surface area contributed by atoms with Crippen LogP contribution in [0, 0.1) is 5.82 Å². The SMILES string of the molecule is O=C1CCC(N2Cc3cc(CN4CCN(CCNC(=O)c5cc6c(o5)C(=O)c5ccccc5C6=O)CC4)cc(F)c3C2=O)C(=O)N1. The first kappa shape index (κ1) is 29.7. The van der Waals surface area contributed by atoms with E-state index >= 15 is 4.39 Å². The fourth-order valence-electron chi connectivity index (χ4n) is 6.64. The maximum Gasteiger partial charge on any atom is 0.287 e. The molecule has 0 bridgehead atoms. The summed E-state index contributed by atoms with van der Waals surface area (Å²) in [5, 5.41) is 5.05. The number of benzene rings is 2. The van der Waals surface area contributed by atoms with E-state index < -0.39 is 35.4 Å². The highest BCUT2D eigenvalue weighted by atomic mass is 19.1. The van der Waals surface area contributed by atoms with E-state index in [-0.39, 0.29) is 59.3 Å². The molecule has 4 aliphatic rings. The van der Waals surface area contributed by atoms with Gasteiger partial charge < -0.3 is 14.6 Å². The summed E-state index contributed by atoms with van der Waals surface area (Å²) >= 11 is 0. The van der Waals surface area contributed by atoms with Crippen molar-refractivity contribution >= 4 is 35.2 Å². The van der Waals surface area contributed by atoms with Crippen LogP contribution in [0.4, 0.5) is 4.39 Å². The van der Waals surface area contributed by atoms with Crippen LogP contribution in [-0.4, -0.2) is 95.2 Å². The first-order valence-electron chi connectivity index (χ1n) is 15.2. The van der Waals surface area contributed by atoms with Crippen LogP contribution in [0.3, 0.4) is 0 Å². The Balaban J connectivity index is 0.896. The third-order valence-corrected chi connectivity index (χ3v) is 9.04. The topological polar surface area (TPSA) is 149 Å². The normalized spacial score (nSPS) is 20.0. The van der Waals surface area contributed by atoms with Gasteiger partial charge in [0.1, 0.15) is 11.9 Å². The van der Waals surface area contributed by atoms with Crippen molar-refractivity contribution in [3.63, 3.8) is 0 Å². The van der Waals surface area contributed by atoms with E-state index in [0.717, 1.165) is 18.7 Å². The third-order valence-electron chi connectivity index (χ3n) is 9.04. The highest BCUT2D eigenvalue weighted by molar-refractivity contribution is 6.27. The van der Waals surface area contributed by atoms with Crippen LogP contribution in [0.15, 0.2) is 46.9 Å². The van der Waals surface area contributed by atoms with Gasteiger partial charge in [0.15, 0.2) is 17.3 Å². The number of piperazine rings is 1. The monoisotopic (exact) mass is 627 g/mol. The van der Waals surface area contributed by atoms with Crippen molar-refractivity contribution in [2.75, 3.05) is 39.3 Å². The molecule has 0 saturated carbocycles. The number of nitrogens with one attached hydrogen (secondary N) is 2. The Morgan fingerprint density at radius 1 is 0.935 bits per heavy atom. The molecule has 4 heterocycles. The second kappa shape index (κ2) is 11.7. The molecule has 1 aromatic heterocycles. The molecule has 236 valence electrons. The van der Waals surface area contributed by atoms with Gasteiger partial charge in [-0.3, -0.25) is 43.9 Å². The predicted molar refractivity (Wildman–Crippen MR) is 159 cm³/mol. The lowest BCUT2D eigenvalue weighted by atomic mass is 9.89. The number of furan rings is 1. The number of nitrogens with zero attached hydrogens (tertiary/aromatic N) is 3. The fraction of sp³-hybridized carbons (Fsp3) is 0.333. The van der Waals surface area contributed by atoms with Crippen molar-refractivity contribution in [2.24, 2.45) is 0 Å². The van der Waals surface area contributed by atoms with Crippen LogP contribution >= 0.6 is 0 Å². The maximum absolute atomic E-state index is 15.1. The van der Waals surface area contributed by atoms with Crippen molar-refractivity contribution in [3.05, 3.63) is 93.2 Å². The standard InChI is InChI=1S/C33H30FN5O7/c34-23-14-18(13-19-17-39(33(45)27(19)23)24-5-6-26(40)36-31(24)43)16-38-11-9-37(10-12-38)8-7-35-32(44)25-15-22-28(41)20-3-1-2-4-21(20)29(42)30(22)46-25/h1-4,13-15,24H,5-12,16-17H2,(H,35,44)(H,36,40,43). The van der Waals surface area contributed by atoms with Crippen molar-refractivity contribution in [2.45, 2.75) is 32.0 Å². The molecule has 0 radical (unpaired) electrons. The molecule has 13 heteroatoms. The Bertz CT molecular complexity index is 1770. The lowest BCUT2D eigenvalue weighted by Gasteiger charge is -2.34. The van der Waals surface area contributed by atoms with E-state index in [2.05, 4.69) is 20.4 Å². The molecule has 2 aromatic carbocycles. The van der Waals surface area contributed by atoms with Gasteiger partial charge in [0.2, 0.25) is 17.6 Å². The second-order valence-corrected chi connectivity index (χ2v) is 11.9. The summed E-state index contributed by atoms with van der Waals surface area (Å²) in [6, 6.07) is 10.2. The molecule has 12 nitrogen and oxygen atoms in total. The van der Waals surface area contributed by atoms with Gasteiger partial charge >= 0.3 is 0 Å². The summed E-state index contributed by atoms with van der Waals surface area (Å²) in [7, 11) is 0. The number of carbonyl (C=O) groups excluding carboxylic acids is 6. The molecule has 0 spiro atoms. The largest absolute Gasteiger partial charge is 0.447 e. The smallest absolute Gasteiger partial charge is 0.287 e. The Hall–Kier alpha value is -5.01. The molecular formula is C33H30FN5O7. The first-order valence-corrected chi connectivity index (χ1v) is 15.2. The second-order valence-electron chi connectivity index (χ2n) is 11.9.